The molecule has 0 spiro atoms. The minimum Gasteiger partial charge on any atom is -0.384 e. The Morgan fingerprint density at radius 2 is 2.00 bits per heavy atom. The van der Waals surface area contributed by atoms with E-state index in [0.29, 0.717) is 18.5 Å². The van der Waals surface area contributed by atoms with Crippen molar-refractivity contribution >= 4 is 11.3 Å². The van der Waals surface area contributed by atoms with Gasteiger partial charge in [-0.25, -0.2) is 0 Å². The van der Waals surface area contributed by atoms with Gasteiger partial charge in [0.2, 0.25) is 0 Å². The first kappa shape index (κ1) is 10.1. The van der Waals surface area contributed by atoms with Crippen LogP contribution in [0, 0.1) is 0 Å². The molecule has 0 saturated heterocycles. The second kappa shape index (κ2) is 3.29. The molecule has 0 radical (unpaired) electrons. The van der Waals surface area contributed by atoms with Crippen molar-refractivity contribution in [3.63, 3.8) is 0 Å². The van der Waals surface area contributed by atoms with Crippen LogP contribution in [0.4, 0.5) is 18.9 Å². The zero-order valence-corrected chi connectivity index (χ0v) is 7.99. The minimum atomic E-state index is -4.31. The van der Waals surface area contributed by atoms with Crippen LogP contribution >= 0.6 is 0 Å². The highest BCUT2D eigenvalue weighted by Crippen LogP contribution is 2.40. The number of anilines is 1. The molecule has 1 aliphatic heterocycles. The van der Waals surface area contributed by atoms with E-state index in [9.17, 15) is 13.2 Å². The molecule has 15 heavy (non-hydrogen) atoms. The summed E-state index contributed by atoms with van der Waals surface area (Å²) in [7, 11) is 0. The van der Waals surface area contributed by atoms with Crippen LogP contribution in [0.2, 0.25) is 0 Å². The minimum absolute atomic E-state index is 0.168. The van der Waals surface area contributed by atoms with Crippen LogP contribution in [-0.4, -0.2) is 6.54 Å². The Hall–Kier alpha value is -1.45. The molecule has 1 aliphatic rings. The summed E-state index contributed by atoms with van der Waals surface area (Å²) in [6.45, 7) is 4.28. The van der Waals surface area contributed by atoms with Crippen LogP contribution in [0.15, 0.2) is 24.8 Å². The third-order valence-corrected chi connectivity index (χ3v) is 2.48. The summed E-state index contributed by atoms with van der Waals surface area (Å²) in [4.78, 5) is 0. The van der Waals surface area contributed by atoms with Gasteiger partial charge in [0.15, 0.2) is 0 Å². The average molecular weight is 213 g/mol. The smallest absolute Gasteiger partial charge is 0.384 e. The Bertz CT molecular complexity index is 407. The molecule has 4 heteroatoms. The Kier molecular flexibility index (Phi) is 2.21. The lowest BCUT2D eigenvalue weighted by molar-refractivity contribution is -0.137. The standard InChI is InChI=1S/C11H10F3N/c1-7-5-6-15-10-8(7)3-2-4-9(10)11(12,13)14/h2-4,15H,1,5-6H2. The number of para-hydroxylation sites is 1. The molecule has 80 valence electrons. The molecule has 1 N–H and O–H groups in total. The summed E-state index contributed by atoms with van der Waals surface area (Å²) < 4.78 is 37.9. The van der Waals surface area contributed by atoms with Crippen LogP contribution in [0.25, 0.3) is 5.57 Å². The fourth-order valence-electron chi connectivity index (χ4n) is 1.75. The molecule has 1 aromatic rings. The van der Waals surface area contributed by atoms with E-state index in [4.69, 9.17) is 0 Å². The van der Waals surface area contributed by atoms with Crippen LogP contribution in [-0.2, 0) is 6.18 Å². The molecule has 0 aliphatic carbocycles. The summed E-state index contributed by atoms with van der Waals surface area (Å²) in [5, 5.41) is 2.79. The molecule has 1 heterocycles. The maximum Gasteiger partial charge on any atom is 0.418 e. The van der Waals surface area contributed by atoms with E-state index in [1.54, 1.807) is 6.07 Å². The zero-order chi connectivity index (χ0) is 11.1. The predicted molar refractivity (Wildman–Crippen MR) is 53.6 cm³/mol. The number of rotatable bonds is 0. The first-order chi connectivity index (χ1) is 7.00. The lowest BCUT2D eigenvalue weighted by Crippen LogP contribution is -2.17. The van der Waals surface area contributed by atoms with Gasteiger partial charge in [-0.3, -0.25) is 0 Å². The largest absolute Gasteiger partial charge is 0.418 e. The summed E-state index contributed by atoms with van der Waals surface area (Å²) >= 11 is 0. The molecule has 0 saturated carbocycles. The van der Waals surface area contributed by atoms with Gasteiger partial charge < -0.3 is 5.32 Å². The van der Waals surface area contributed by atoms with Crippen LogP contribution in [0.3, 0.4) is 0 Å². The van der Waals surface area contributed by atoms with Crippen molar-refractivity contribution < 1.29 is 13.2 Å². The third kappa shape index (κ3) is 1.71. The highest BCUT2D eigenvalue weighted by Gasteiger charge is 2.35. The quantitative estimate of drug-likeness (QED) is 0.695. The summed E-state index contributed by atoms with van der Waals surface area (Å²) in [6, 6.07) is 4.17. The molecular weight excluding hydrogens is 203 g/mol. The van der Waals surface area contributed by atoms with Crippen molar-refractivity contribution in [2.24, 2.45) is 0 Å². The topological polar surface area (TPSA) is 12.0 Å². The molecule has 0 bridgehead atoms. The summed E-state index contributed by atoms with van der Waals surface area (Å²) in [6.07, 6.45) is -3.62. The number of halogens is 3. The van der Waals surface area contributed by atoms with Crippen molar-refractivity contribution in [2.75, 3.05) is 11.9 Å². The first-order valence-corrected chi connectivity index (χ1v) is 4.62. The van der Waals surface area contributed by atoms with Crippen LogP contribution < -0.4 is 5.32 Å². The molecule has 0 fully saturated rings. The number of hydrogen-bond acceptors (Lipinski definition) is 1. The van der Waals surface area contributed by atoms with Crippen molar-refractivity contribution in [2.45, 2.75) is 12.6 Å². The molecule has 1 aromatic carbocycles. The van der Waals surface area contributed by atoms with Gasteiger partial charge in [0.05, 0.1) is 11.3 Å². The number of nitrogens with one attached hydrogen (secondary N) is 1. The maximum absolute atomic E-state index is 12.6. The van der Waals surface area contributed by atoms with Crippen molar-refractivity contribution in [1.29, 1.82) is 0 Å². The lowest BCUT2D eigenvalue weighted by Gasteiger charge is -2.23. The molecule has 2 rings (SSSR count). The van der Waals surface area contributed by atoms with Crippen LogP contribution in [0.1, 0.15) is 17.5 Å². The van der Waals surface area contributed by atoms with Crippen molar-refractivity contribution in [3.8, 4) is 0 Å². The highest BCUT2D eigenvalue weighted by atomic mass is 19.4. The van der Waals surface area contributed by atoms with Gasteiger partial charge in [0, 0.05) is 12.1 Å². The van der Waals surface area contributed by atoms with E-state index in [-0.39, 0.29) is 5.69 Å². The van der Waals surface area contributed by atoms with E-state index < -0.39 is 11.7 Å². The maximum atomic E-state index is 12.6. The molecule has 0 amide bonds. The number of fused-ring (bicyclic) bond motifs is 1. The normalized spacial score (nSPS) is 15.8. The number of benzene rings is 1. The van der Waals surface area contributed by atoms with Gasteiger partial charge in [0.25, 0.3) is 0 Å². The predicted octanol–water partition coefficient (Wildman–Crippen LogP) is 3.53. The van der Waals surface area contributed by atoms with Gasteiger partial charge >= 0.3 is 6.18 Å². The Morgan fingerprint density at radius 3 is 2.67 bits per heavy atom. The fourth-order valence-corrected chi connectivity index (χ4v) is 1.75. The molecule has 0 atom stereocenters. The Balaban J connectivity index is 2.59. The van der Waals surface area contributed by atoms with Gasteiger partial charge in [0.1, 0.15) is 0 Å². The van der Waals surface area contributed by atoms with E-state index >= 15 is 0 Å². The monoisotopic (exact) mass is 213 g/mol. The van der Waals surface area contributed by atoms with E-state index in [2.05, 4.69) is 11.9 Å². The van der Waals surface area contributed by atoms with Crippen LogP contribution in [0.5, 0.6) is 0 Å². The van der Waals surface area contributed by atoms with E-state index in [1.807, 2.05) is 0 Å². The fraction of sp³-hybridized carbons (Fsp3) is 0.273. The van der Waals surface area contributed by atoms with Crippen molar-refractivity contribution in [3.05, 3.63) is 35.9 Å². The zero-order valence-electron chi connectivity index (χ0n) is 7.99. The number of hydrogen-bond donors (Lipinski definition) is 1. The van der Waals surface area contributed by atoms with Crippen molar-refractivity contribution in [1.82, 2.24) is 0 Å². The highest BCUT2D eigenvalue weighted by molar-refractivity contribution is 5.80. The second-order valence-electron chi connectivity index (χ2n) is 3.51. The second-order valence-corrected chi connectivity index (χ2v) is 3.51. The number of alkyl halides is 3. The van der Waals surface area contributed by atoms with E-state index in [0.717, 1.165) is 11.6 Å². The molecular formula is C11H10F3N. The third-order valence-electron chi connectivity index (χ3n) is 2.48. The summed E-state index contributed by atoms with van der Waals surface area (Å²) in [5.41, 5.74) is 0.896. The summed E-state index contributed by atoms with van der Waals surface area (Å²) in [5.74, 6) is 0. The average Bonchev–Trinajstić information content (AvgIpc) is 2.16. The molecule has 1 nitrogen and oxygen atoms in total. The lowest BCUT2D eigenvalue weighted by atomic mass is 9.95. The van der Waals surface area contributed by atoms with Gasteiger partial charge in [-0.1, -0.05) is 18.7 Å². The SMILES string of the molecule is C=C1CCNc2c1cccc2C(F)(F)F. The molecule has 0 aromatic heterocycles. The van der Waals surface area contributed by atoms with Gasteiger partial charge in [-0.15, -0.1) is 0 Å². The van der Waals surface area contributed by atoms with Gasteiger partial charge in [-0.2, -0.15) is 13.2 Å². The van der Waals surface area contributed by atoms with Gasteiger partial charge in [-0.05, 0) is 18.1 Å². The Morgan fingerprint density at radius 1 is 1.27 bits per heavy atom. The van der Waals surface area contributed by atoms with E-state index in [1.165, 1.54) is 6.07 Å². The Labute approximate surface area is 85.6 Å². The first-order valence-electron chi connectivity index (χ1n) is 4.62. The molecule has 0 unspecified atom stereocenters.